The van der Waals surface area contributed by atoms with Crippen molar-refractivity contribution in [2.45, 2.75) is 19.4 Å². The van der Waals surface area contributed by atoms with Gasteiger partial charge in [0.05, 0.1) is 16.6 Å². The van der Waals surface area contributed by atoms with Crippen LogP contribution >= 0.6 is 0 Å². The second kappa shape index (κ2) is 7.74. The number of benzene rings is 2. The Kier molecular flexibility index (Phi) is 4.99. The first-order chi connectivity index (χ1) is 13.6. The monoisotopic (exact) mass is 374 g/mol. The molecule has 142 valence electrons. The molecule has 0 aliphatic carbocycles. The smallest absolute Gasteiger partial charge is 0.258 e. The lowest BCUT2D eigenvalue weighted by molar-refractivity contribution is 0.263. The van der Waals surface area contributed by atoms with Gasteiger partial charge in [-0.15, -0.1) is 0 Å². The van der Waals surface area contributed by atoms with Crippen LogP contribution in [0.1, 0.15) is 24.4 Å². The van der Waals surface area contributed by atoms with E-state index in [4.69, 9.17) is 0 Å². The van der Waals surface area contributed by atoms with E-state index in [2.05, 4.69) is 51.1 Å². The fourth-order valence-corrected chi connectivity index (χ4v) is 3.23. The first-order valence-corrected chi connectivity index (χ1v) is 9.25. The number of aromatic amines is 1. The molecule has 4 aromatic rings. The molecule has 0 amide bonds. The van der Waals surface area contributed by atoms with Gasteiger partial charge in [0.25, 0.3) is 5.56 Å². The Morgan fingerprint density at radius 2 is 1.93 bits per heavy atom. The molecule has 0 aliphatic heterocycles. The van der Waals surface area contributed by atoms with Crippen LogP contribution in [0.4, 0.5) is 0 Å². The van der Waals surface area contributed by atoms with Crippen LogP contribution in [-0.4, -0.2) is 43.2 Å². The van der Waals surface area contributed by atoms with E-state index >= 15 is 0 Å². The molecule has 1 atom stereocenters. The van der Waals surface area contributed by atoms with E-state index in [0.29, 0.717) is 17.6 Å². The number of hydrogen-bond donors (Lipinski definition) is 1. The van der Waals surface area contributed by atoms with Crippen LogP contribution in [0, 0.1) is 0 Å². The van der Waals surface area contributed by atoms with E-state index in [1.54, 1.807) is 17.1 Å². The van der Waals surface area contributed by atoms with Crippen molar-refractivity contribution < 1.29 is 0 Å². The van der Waals surface area contributed by atoms with Crippen LogP contribution < -0.4 is 5.56 Å². The minimum atomic E-state index is -0.0833. The van der Waals surface area contributed by atoms with Crippen molar-refractivity contribution >= 4 is 10.9 Å². The van der Waals surface area contributed by atoms with Gasteiger partial charge in [-0.1, -0.05) is 24.3 Å². The van der Waals surface area contributed by atoms with Crippen LogP contribution in [0.5, 0.6) is 0 Å². The zero-order valence-electron chi connectivity index (χ0n) is 15.9. The average Bonchev–Trinajstić information content (AvgIpc) is 3.26. The number of H-pyrrole nitrogens is 1. The van der Waals surface area contributed by atoms with Crippen LogP contribution in [0.25, 0.3) is 16.6 Å². The summed E-state index contributed by atoms with van der Waals surface area (Å²) in [5.41, 5.74) is 2.85. The van der Waals surface area contributed by atoms with Gasteiger partial charge in [-0.3, -0.25) is 9.69 Å². The van der Waals surface area contributed by atoms with Gasteiger partial charge in [0, 0.05) is 19.0 Å². The predicted molar refractivity (Wildman–Crippen MR) is 108 cm³/mol. The Morgan fingerprint density at radius 1 is 1.14 bits per heavy atom. The van der Waals surface area contributed by atoms with Gasteiger partial charge in [0.2, 0.25) is 0 Å². The molecule has 0 bridgehead atoms. The van der Waals surface area contributed by atoms with E-state index in [1.807, 2.05) is 30.3 Å². The zero-order valence-corrected chi connectivity index (χ0v) is 15.9. The molecule has 1 N–H and O–H groups in total. The third-order valence-corrected chi connectivity index (χ3v) is 5.08. The van der Waals surface area contributed by atoms with E-state index in [-0.39, 0.29) is 11.6 Å². The summed E-state index contributed by atoms with van der Waals surface area (Å²) in [5.74, 6) is 0.712. The first kappa shape index (κ1) is 18.1. The number of nitrogens with zero attached hydrogens (tertiary/aromatic N) is 5. The van der Waals surface area contributed by atoms with Crippen molar-refractivity contribution in [3.05, 3.63) is 82.9 Å². The summed E-state index contributed by atoms with van der Waals surface area (Å²) in [5, 5.41) is 4.77. The minimum absolute atomic E-state index is 0.0833. The summed E-state index contributed by atoms with van der Waals surface area (Å²) in [6.07, 6.45) is 3.88. The zero-order chi connectivity index (χ0) is 19.5. The summed E-state index contributed by atoms with van der Waals surface area (Å²) in [7, 11) is 2.08. The van der Waals surface area contributed by atoms with Crippen LogP contribution in [0.15, 0.2) is 66.0 Å². The summed E-state index contributed by atoms with van der Waals surface area (Å²) in [6.45, 7) is 2.95. The highest BCUT2D eigenvalue weighted by molar-refractivity contribution is 5.77. The number of para-hydroxylation sites is 1. The van der Waals surface area contributed by atoms with Crippen LogP contribution in [0.2, 0.25) is 0 Å². The molecule has 4 rings (SSSR count). The van der Waals surface area contributed by atoms with Crippen molar-refractivity contribution in [2.24, 2.45) is 0 Å². The lowest BCUT2D eigenvalue weighted by Gasteiger charge is -2.25. The number of likely N-dealkylation sites (N-methyl/N-ethyl adjacent to an activating group) is 1. The largest absolute Gasteiger partial charge is 0.310 e. The highest BCUT2D eigenvalue weighted by Crippen LogP contribution is 2.20. The van der Waals surface area contributed by atoms with Crippen molar-refractivity contribution in [1.29, 1.82) is 0 Å². The quantitative estimate of drug-likeness (QED) is 0.561. The van der Waals surface area contributed by atoms with Crippen molar-refractivity contribution in [3.8, 4) is 5.69 Å². The molecular formula is C21H22N6O. The molecule has 2 heterocycles. The third-order valence-electron chi connectivity index (χ3n) is 5.08. The SMILES string of the molecule is CC(c1ccc(-n2cncn2)cc1)N(C)CCc1nc2ccccc2c(=O)[nH]1. The first-order valence-electron chi connectivity index (χ1n) is 9.25. The van der Waals surface area contributed by atoms with Crippen molar-refractivity contribution in [2.75, 3.05) is 13.6 Å². The van der Waals surface area contributed by atoms with Gasteiger partial charge >= 0.3 is 0 Å². The van der Waals surface area contributed by atoms with Crippen molar-refractivity contribution in [3.63, 3.8) is 0 Å². The molecule has 28 heavy (non-hydrogen) atoms. The van der Waals surface area contributed by atoms with Gasteiger partial charge < -0.3 is 4.98 Å². The average molecular weight is 374 g/mol. The summed E-state index contributed by atoms with van der Waals surface area (Å²) in [6, 6.07) is 15.9. The lowest BCUT2D eigenvalue weighted by Crippen LogP contribution is -2.26. The molecule has 2 aromatic carbocycles. The van der Waals surface area contributed by atoms with Gasteiger partial charge in [-0.2, -0.15) is 5.10 Å². The van der Waals surface area contributed by atoms with E-state index < -0.39 is 0 Å². The molecule has 7 heteroatoms. The molecule has 0 radical (unpaired) electrons. The second-order valence-electron chi connectivity index (χ2n) is 6.87. The highest BCUT2D eigenvalue weighted by atomic mass is 16.1. The normalized spacial score (nSPS) is 12.5. The number of nitrogens with one attached hydrogen (secondary N) is 1. The van der Waals surface area contributed by atoms with Crippen LogP contribution in [0.3, 0.4) is 0 Å². The highest BCUT2D eigenvalue weighted by Gasteiger charge is 2.13. The standard InChI is InChI=1S/C21H22N6O/c1-15(16-7-9-17(10-8-16)27-14-22-13-23-27)26(2)12-11-20-24-19-6-4-3-5-18(19)21(28)25-20/h3-10,13-15H,11-12H2,1-2H3,(H,24,25,28). The Bertz CT molecular complexity index is 1120. The molecule has 2 aromatic heterocycles. The molecule has 0 saturated carbocycles. The van der Waals surface area contributed by atoms with Gasteiger partial charge in [0.1, 0.15) is 18.5 Å². The van der Waals surface area contributed by atoms with Gasteiger partial charge in [-0.25, -0.2) is 14.6 Å². The third kappa shape index (κ3) is 3.70. The van der Waals surface area contributed by atoms with Gasteiger partial charge in [0.15, 0.2) is 0 Å². The van der Waals surface area contributed by atoms with Crippen LogP contribution in [-0.2, 0) is 6.42 Å². The second-order valence-corrected chi connectivity index (χ2v) is 6.87. The molecule has 0 saturated heterocycles. The Labute approximate surface area is 162 Å². The topological polar surface area (TPSA) is 79.7 Å². The fraction of sp³-hybridized carbons (Fsp3) is 0.238. The Morgan fingerprint density at radius 3 is 2.68 bits per heavy atom. The predicted octanol–water partition coefficient (Wildman–Crippen LogP) is 2.74. The van der Waals surface area contributed by atoms with E-state index in [9.17, 15) is 4.79 Å². The number of rotatable bonds is 6. The molecule has 0 spiro atoms. The van der Waals surface area contributed by atoms with Crippen molar-refractivity contribution in [1.82, 2.24) is 29.6 Å². The minimum Gasteiger partial charge on any atom is -0.310 e. The van der Waals surface area contributed by atoms with E-state index in [1.165, 1.54) is 11.9 Å². The van der Waals surface area contributed by atoms with Gasteiger partial charge in [-0.05, 0) is 43.8 Å². The molecule has 0 aliphatic rings. The molecular weight excluding hydrogens is 352 g/mol. The molecule has 7 nitrogen and oxygen atoms in total. The summed E-state index contributed by atoms with van der Waals surface area (Å²) >= 11 is 0. The fourth-order valence-electron chi connectivity index (χ4n) is 3.23. The Hall–Kier alpha value is -3.32. The number of aromatic nitrogens is 5. The maximum absolute atomic E-state index is 12.2. The number of fused-ring (bicyclic) bond motifs is 1. The Balaban J connectivity index is 1.43. The summed E-state index contributed by atoms with van der Waals surface area (Å²) < 4.78 is 1.74. The maximum atomic E-state index is 12.2. The summed E-state index contributed by atoms with van der Waals surface area (Å²) in [4.78, 5) is 25.9. The number of hydrogen-bond acceptors (Lipinski definition) is 5. The maximum Gasteiger partial charge on any atom is 0.258 e. The molecule has 1 unspecified atom stereocenters. The molecule has 0 fully saturated rings. The lowest BCUT2D eigenvalue weighted by atomic mass is 10.1. The van der Waals surface area contributed by atoms with E-state index in [0.717, 1.165) is 17.7 Å².